The van der Waals surface area contributed by atoms with Crippen LogP contribution in [-0.2, 0) is 0 Å². The number of aromatic carboxylic acids is 1. The quantitative estimate of drug-likeness (QED) is 0.897. The van der Waals surface area contributed by atoms with Gasteiger partial charge in [0.1, 0.15) is 11.5 Å². The summed E-state index contributed by atoms with van der Waals surface area (Å²) < 4.78 is 5.44. The zero-order valence-corrected chi connectivity index (χ0v) is 11.2. The summed E-state index contributed by atoms with van der Waals surface area (Å²) in [5.74, 6) is 0.0308. The van der Waals surface area contributed by atoms with Gasteiger partial charge in [-0.15, -0.1) is 0 Å². The van der Waals surface area contributed by atoms with E-state index in [9.17, 15) is 9.59 Å². The number of hydrogen-bond donors (Lipinski definition) is 2. The molecule has 1 atom stereocenters. The first-order chi connectivity index (χ1) is 9.47. The van der Waals surface area contributed by atoms with Crippen LogP contribution in [-0.4, -0.2) is 17.0 Å². The first-order valence-corrected chi connectivity index (χ1v) is 6.18. The maximum Gasteiger partial charge on any atom is 0.335 e. The average Bonchev–Trinajstić information content (AvgIpc) is 2.85. The van der Waals surface area contributed by atoms with Gasteiger partial charge in [-0.25, -0.2) is 4.79 Å². The van der Waals surface area contributed by atoms with Crippen molar-refractivity contribution in [2.45, 2.75) is 19.9 Å². The molecule has 2 N–H and O–H groups in total. The number of furan rings is 1. The molecule has 104 valence electrons. The number of carbonyl (C=O) groups is 2. The maximum atomic E-state index is 12.1. The molecule has 20 heavy (non-hydrogen) atoms. The Morgan fingerprint density at radius 3 is 2.50 bits per heavy atom. The van der Waals surface area contributed by atoms with E-state index in [0.29, 0.717) is 11.3 Å². The Hall–Kier alpha value is -2.56. The number of carboxylic acid groups (broad SMARTS) is 1. The van der Waals surface area contributed by atoms with Gasteiger partial charge in [-0.1, -0.05) is 6.07 Å². The number of hydrogen-bond acceptors (Lipinski definition) is 3. The number of nitrogens with one attached hydrogen (secondary N) is 1. The number of carbonyl (C=O) groups excluding carboxylic acids is 1. The molecule has 2 rings (SSSR count). The number of aryl methyl sites for hydroxylation is 1. The Morgan fingerprint density at radius 2 is 1.90 bits per heavy atom. The summed E-state index contributed by atoms with van der Waals surface area (Å²) in [4.78, 5) is 22.9. The van der Waals surface area contributed by atoms with E-state index in [1.54, 1.807) is 25.1 Å². The molecule has 0 fully saturated rings. The zero-order valence-electron chi connectivity index (χ0n) is 11.2. The van der Waals surface area contributed by atoms with Crippen molar-refractivity contribution < 1.29 is 19.1 Å². The van der Waals surface area contributed by atoms with E-state index in [1.807, 2.05) is 13.0 Å². The first-order valence-electron chi connectivity index (χ1n) is 6.18. The van der Waals surface area contributed by atoms with Gasteiger partial charge in [0.2, 0.25) is 0 Å². The summed E-state index contributed by atoms with van der Waals surface area (Å²) in [6.45, 7) is 3.63. The van der Waals surface area contributed by atoms with Gasteiger partial charge in [0, 0.05) is 5.56 Å². The van der Waals surface area contributed by atoms with Crippen LogP contribution in [0.2, 0.25) is 0 Å². The van der Waals surface area contributed by atoms with Crippen molar-refractivity contribution in [2.75, 3.05) is 0 Å². The number of carboxylic acids is 1. The summed E-state index contributed by atoms with van der Waals surface area (Å²) in [7, 11) is 0. The summed E-state index contributed by atoms with van der Waals surface area (Å²) in [6.07, 6.45) is 0. The topological polar surface area (TPSA) is 79.5 Å². The van der Waals surface area contributed by atoms with Crippen molar-refractivity contribution in [3.05, 3.63) is 59.0 Å². The van der Waals surface area contributed by atoms with Crippen LogP contribution in [0.5, 0.6) is 0 Å². The van der Waals surface area contributed by atoms with Gasteiger partial charge in [0.05, 0.1) is 11.6 Å². The summed E-state index contributed by atoms with van der Waals surface area (Å²) in [5.41, 5.74) is 0.388. The molecule has 2 aromatic rings. The standard InChI is InChI=1S/C15H15NO4/c1-9-6-7-13(20-9)10(2)16-14(17)11-4-3-5-12(8-11)15(18)19/h3-8,10H,1-2H3,(H,16,17)(H,18,19). The monoisotopic (exact) mass is 273 g/mol. The largest absolute Gasteiger partial charge is 0.478 e. The molecule has 0 bridgehead atoms. The van der Waals surface area contributed by atoms with E-state index in [2.05, 4.69) is 5.32 Å². The van der Waals surface area contributed by atoms with Gasteiger partial charge >= 0.3 is 5.97 Å². The van der Waals surface area contributed by atoms with Crippen LogP contribution in [0, 0.1) is 6.92 Å². The second kappa shape index (κ2) is 5.61. The van der Waals surface area contributed by atoms with Crippen LogP contribution in [0.4, 0.5) is 0 Å². The third kappa shape index (κ3) is 3.06. The average molecular weight is 273 g/mol. The van der Waals surface area contributed by atoms with E-state index >= 15 is 0 Å². The van der Waals surface area contributed by atoms with E-state index in [0.717, 1.165) is 5.76 Å². The van der Waals surface area contributed by atoms with Crippen LogP contribution in [0.25, 0.3) is 0 Å². The molecule has 0 radical (unpaired) electrons. The minimum Gasteiger partial charge on any atom is -0.478 e. The lowest BCUT2D eigenvalue weighted by Crippen LogP contribution is -2.26. The molecule has 0 saturated carbocycles. The maximum absolute atomic E-state index is 12.1. The summed E-state index contributed by atoms with van der Waals surface area (Å²) in [5, 5.41) is 11.7. The minimum atomic E-state index is -1.06. The first kappa shape index (κ1) is 13.9. The number of rotatable bonds is 4. The van der Waals surface area contributed by atoms with E-state index in [4.69, 9.17) is 9.52 Å². The highest BCUT2D eigenvalue weighted by molar-refractivity contribution is 5.97. The predicted molar refractivity (Wildman–Crippen MR) is 72.7 cm³/mol. The van der Waals surface area contributed by atoms with Crippen molar-refractivity contribution in [2.24, 2.45) is 0 Å². The Bertz CT molecular complexity index is 645. The molecule has 0 aliphatic rings. The number of benzene rings is 1. The smallest absolute Gasteiger partial charge is 0.335 e. The van der Waals surface area contributed by atoms with Gasteiger partial charge < -0.3 is 14.8 Å². The van der Waals surface area contributed by atoms with Crippen LogP contribution in [0.3, 0.4) is 0 Å². The van der Waals surface area contributed by atoms with Crippen LogP contribution >= 0.6 is 0 Å². The molecule has 1 unspecified atom stereocenters. The molecule has 1 aromatic heterocycles. The molecular formula is C15H15NO4. The molecule has 5 heteroatoms. The highest BCUT2D eigenvalue weighted by Gasteiger charge is 2.15. The van der Waals surface area contributed by atoms with Gasteiger partial charge in [-0.3, -0.25) is 4.79 Å². The van der Waals surface area contributed by atoms with Crippen molar-refractivity contribution in [3.63, 3.8) is 0 Å². The molecule has 5 nitrogen and oxygen atoms in total. The van der Waals surface area contributed by atoms with Crippen molar-refractivity contribution in [1.29, 1.82) is 0 Å². The lowest BCUT2D eigenvalue weighted by molar-refractivity contribution is 0.0697. The number of amides is 1. The summed E-state index contributed by atoms with van der Waals surface area (Å²) in [6, 6.07) is 9.24. The van der Waals surface area contributed by atoms with E-state index < -0.39 is 5.97 Å². The SMILES string of the molecule is Cc1ccc(C(C)NC(=O)c2cccc(C(=O)O)c2)o1. The van der Waals surface area contributed by atoms with Crippen LogP contribution in [0.1, 0.15) is 45.2 Å². The zero-order chi connectivity index (χ0) is 14.7. The Labute approximate surface area is 116 Å². The molecular weight excluding hydrogens is 258 g/mol. The fraction of sp³-hybridized carbons (Fsp3) is 0.200. The van der Waals surface area contributed by atoms with Crippen molar-refractivity contribution in [3.8, 4) is 0 Å². The Morgan fingerprint density at radius 1 is 1.20 bits per heavy atom. The molecule has 1 aromatic carbocycles. The molecule has 1 amide bonds. The lowest BCUT2D eigenvalue weighted by Gasteiger charge is -2.11. The van der Waals surface area contributed by atoms with Crippen molar-refractivity contribution in [1.82, 2.24) is 5.32 Å². The third-order valence-corrected chi connectivity index (χ3v) is 2.91. The fourth-order valence-electron chi connectivity index (χ4n) is 1.83. The van der Waals surface area contributed by atoms with Crippen LogP contribution in [0.15, 0.2) is 40.8 Å². The second-order valence-electron chi connectivity index (χ2n) is 4.53. The van der Waals surface area contributed by atoms with E-state index in [-0.39, 0.29) is 17.5 Å². The van der Waals surface area contributed by atoms with Crippen molar-refractivity contribution >= 4 is 11.9 Å². The lowest BCUT2D eigenvalue weighted by atomic mass is 10.1. The highest BCUT2D eigenvalue weighted by Crippen LogP contribution is 2.16. The molecule has 0 spiro atoms. The van der Waals surface area contributed by atoms with E-state index in [1.165, 1.54) is 12.1 Å². The molecule has 0 aliphatic heterocycles. The Kier molecular flexibility index (Phi) is 3.89. The minimum absolute atomic E-state index is 0.0825. The summed E-state index contributed by atoms with van der Waals surface area (Å²) >= 11 is 0. The normalized spacial score (nSPS) is 11.9. The van der Waals surface area contributed by atoms with Gasteiger partial charge in [0.15, 0.2) is 0 Å². The second-order valence-corrected chi connectivity index (χ2v) is 4.53. The predicted octanol–water partition coefficient (Wildman–Crippen LogP) is 2.78. The van der Waals surface area contributed by atoms with Gasteiger partial charge in [-0.2, -0.15) is 0 Å². The van der Waals surface area contributed by atoms with Crippen LogP contribution < -0.4 is 5.32 Å². The fourth-order valence-corrected chi connectivity index (χ4v) is 1.83. The molecule has 0 aliphatic carbocycles. The van der Waals surface area contributed by atoms with Gasteiger partial charge in [0.25, 0.3) is 5.91 Å². The Balaban J connectivity index is 2.12. The third-order valence-electron chi connectivity index (χ3n) is 2.91. The van der Waals surface area contributed by atoms with Gasteiger partial charge in [-0.05, 0) is 44.2 Å². The molecule has 0 saturated heterocycles. The highest BCUT2D eigenvalue weighted by atomic mass is 16.4. The molecule has 1 heterocycles.